The van der Waals surface area contributed by atoms with Gasteiger partial charge in [0.15, 0.2) is 22.7 Å². The molecule has 0 radical (unpaired) electrons. The first-order chi connectivity index (χ1) is 15.3. The molecule has 0 saturated carbocycles. The number of esters is 1. The van der Waals surface area contributed by atoms with Crippen molar-refractivity contribution in [1.82, 2.24) is 9.55 Å². The summed E-state index contributed by atoms with van der Waals surface area (Å²) in [6.07, 6.45) is -0.196. The Bertz CT molecular complexity index is 1060. The van der Waals surface area contributed by atoms with Gasteiger partial charge in [0.05, 0.1) is 13.7 Å². The molecular formula is C23H40N2O7Si2. The molecule has 0 amide bonds. The zero-order chi connectivity index (χ0) is 26.3. The van der Waals surface area contributed by atoms with Gasteiger partial charge < -0.3 is 18.3 Å². The average Bonchev–Trinajstić information content (AvgIpc) is 3.01. The minimum Gasteiger partial charge on any atom is -0.469 e. The van der Waals surface area contributed by atoms with Crippen molar-refractivity contribution in [1.29, 1.82) is 0 Å². The first-order valence-corrected chi connectivity index (χ1v) is 17.3. The fourth-order valence-electron chi connectivity index (χ4n) is 2.91. The van der Waals surface area contributed by atoms with Gasteiger partial charge in [0.1, 0.15) is 11.7 Å². The number of rotatable bonds is 7. The van der Waals surface area contributed by atoms with Crippen LogP contribution >= 0.6 is 0 Å². The Hall–Kier alpha value is -1.96. The second-order valence-corrected chi connectivity index (χ2v) is 21.3. The number of carbonyl (C=O) groups excluding carboxylic acids is 1. The number of nitrogens with one attached hydrogen (secondary N) is 1. The molecule has 11 heteroatoms. The van der Waals surface area contributed by atoms with Crippen LogP contribution in [0.5, 0.6) is 0 Å². The van der Waals surface area contributed by atoms with Crippen molar-refractivity contribution in [2.75, 3.05) is 13.7 Å². The van der Waals surface area contributed by atoms with Crippen LogP contribution in [0.1, 0.15) is 41.5 Å². The minimum atomic E-state index is -2.39. The van der Waals surface area contributed by atoms with Gasteiger partial charge >= 0.3 is 11.7 Å². The summed E-state index contributed by atoms with van der Waals surface area (Å²) in [5.74, 6) is -0.674. The molecule has 0 spiro atoms. The van der Waals surface area contributed by atoms with E-state index in [0.29, 0.717) is 0 Å². The Morgan fingerprint density at radius 1 is 1.06 bits per heavy atom. The van der Waals surface area contributed by atoms with Gasteiger partial charge in [0.25, 0.3) is 5.56 Å². The molecule has 0 fully saturated rings. The van der Waals surface area contributed by atoms with Gasteiger partial charge in [-0.25, -0.2) is 14.2 Å². The summed E-state index contributed by atoms with van der Waals surface area (Å²) in [5, 5.41) is -0.171. The fourth-order valence-corrected chi connectivity index (χ4v) is 5.18. The lowest BCUT2D eigenvalue weighted by atomic mass is 10.1. The van der Waals surface area contributed by atoms with Crippen molar-refractivity contribution in [2.24, 2.45) is 0 Å². The molecule has 0 aromatic carbocycles. The van der Waals surface area contributed by atoms with E-state index in [0.717, 1.165) is 4.57 Å². The molecule has 0 aliphatic carbocycles. The van der Waals surface area contributed by atoms with Crippen molar-refractivity contribution in [3.8, 4) is 0 Å². The zero-order valence-corrected chi connectivity index (χ0v) is 24.3. The summed E-state index contributed by atoms with van der Waals surface area (Å²) in [4.78, 5) is 39.4. The van der Waals surface area contributed by atoms with E-state index in [1.165, 1.54) is 19.4 Å². The van der Waals surface area contributed by atoms with Gasteiger partial charge in [-0.15, -0.1) is 0 Å². The van der Waals surface area contributed by atoms with Crippen LogP contribution < -0.4 is 11.2 Å². The van der Waals surface area contributed by atoms with Crippen LogP contribution in [0.15, 0.2) is 27.4 Å². The van der Waals surface area contributed by atoms with E-state index in [1.54, 1.807) is 0 Å². The third-order valence-electron chi connectivity index (χ3n) is 7.21. The van der Waals surface area contributed by atoms with Crippen LogP contribution in [0, 0.1) is 0 Å². The number of nitrogens with zero attached hydrogens (tertiary/aromatic N) is 1. The molecule has 2 rings (SSSR count). The van der Waals surface area contributed by atoms with Crippen molar-refractivity contribution < 1.29 is 23.1 Å². The van der Waals surface area contributed by atoms with Gasteiger partial charge in [-0.3, -0.25) is 9.78 Å². The number of aromatic nitrogens is 2. The SMILES string of the molecule is COC(=O)C1=C(n2ccc(=O)[nH]c2=O)O[C@H](CO[Si](C)(C)C(C)(C)C)[C@H]1O[Si](C)(C)C(C)(C)C. The molecule has 0 unspecified atom stereocenters. The number of hydrogen-bond donors (Lipinski definition) is 1. The molecule has 0 bridgehead atoms. The predicted octanol–water partition coefficient (Wildman–Crippen LogP) is 3.69. The third kappa shape index (κ3) is 5.81. The molecule has 2 atom stereocenters. The van der Waals surface area contributed by atoms with Crippen molar-refractivity contribution in [2.45, 2.75) is 90.0 Å². The van der Waals surface area contributed by atoms with Gasteiger partial charge in [-0.2, -0.15) is 0 Å². The lowest BCUT2D eigenvalue weighted by Crippen LogP contribution is -2.50. The van der Waals surface area contributed by atoms with Crippen molar-refractivity contribution in [3.05, 3.63) is 38.7 Å². The normalized spacial score (nSPS) is 19.9. The average molecular weight is 513 g/mol. The summed E-state index contributed by atoms with van der Waals surface area (Å²) in [6, 6.07) is 1.19. The molecule has 1 aromatic rings. The highest BCUT2D eigenvalue weighted by Crippen LogP contribution is 2.42. The van der Waals surface area contributed by atoms with E-state index in [2.05, 4.69) is 72.7 Å². The second-order valence-electron chi connectivity index (χ2n) is 11.7. The van der Waals surface area contributed by atoms with Crippen LogP contribution in [0.4, 0.5) is 0 Å². The van der Waals surface area contributed by atoms with Crippen LogP contribution in [0.25, 0.3) is 5.88 Å². The first-order valence-electron chi connectivity index (χ1n) is 11.5. The molecule has 1 aliphatic heterocycles. The van der Waals surface area contributed by atoms with Crippen LogP contribution in [-0.2, 0) is 23.1 Å². The monoisotopic (exact) mass is 512 g/mol. The summed E-state index contributed by atoms with van der Waals surface area (Å²) in [7, 11) is -3.27. The maximum atomic E-state index is 13.0. The first kappa shape index (κ1) is 28.3. The summed E-state index contributed by atoms with van der Waals surface area (Å²) < 4.78 is 25.5. The van der Waals surface area contributed by atoms with E-state index in [-0.39, 0.29) is 28.1 Å². The highest BCUT2D eigenvalue weighted by Gasteiger charge is 2.50. The van der Waals surface area contributed by atoms with E-state index in [4.69, 9.17) is 18.3 Å². The number of methoxy groups -OCH3 is 1. The van der Waals surface area contributed by atoms with E-state index in [1.807, 2.05) is 0 Å². The van der Waals surface area contributed by atoms with Gasteiger partial charge in [-0.05, 0) is 36.3 Å². The highest BCUT2D eigenvalue weighted by molar-refractivity contribution is 6.74. The quantitative estimate of drug-likeness (QED) is 0.438. The highest BCUT2D eigenvalue weighted by atomic mass is 28.4. The summed E-state index contributed by atoms with van der Waals surface area (Å²) in [6.45, 7) is 21.3. The van der Waals surface area contributed by atoms with E-state index < -0.39 is 46.1 Å². The zero-order valence-electron chi connectivity index (χ0n) is 22.3. The lowest BCUT2D eigenvalue weighted by molar-refractivity contribution is -0.137. The second kappa shape index (κ2) is 9.59. The standard InChI is InChI=1S/C23H40N2O7Si2/c1-22(2,3)33(8,9)30-14-15-18(32-34(10,11)23(4,5)6)17(20(27)29-7)19(31-15)25-13-12-16(26)24-21(25)28/h12-13,15,18H,14H2,1-11H3,(H,24,26,28)/t15-,18-/m1/s1. The number of carbonyl (C=O) groups is 1. The number of aromatic amines is 1. The molecule has 9 nitrogen and oxygen atoms in total. The van der Waals surface area contributed by atoms with Crippen LogP contribution in [0.3, 0.4) is 0 Å². The third-order valence-corrected chi connectivity index (χ3v) is 16.2. The van der Waals surface area contributed by atoms with E-state index >= 15 is 0 Å². The fraction of sp³-hybridized carbons (Fsp3) is 0.696. The maximum absolute atomic E-state index is 13.0. The number of ether oxygens (including phenoxy) is 2. The molecular weight excluding hydrogens is 472 g/mol. The largest absolute Gasteiger partial charge is 0.469 e. The molecule has 2 heterocycles. The van der Waals surface area contributed by atoms with Crippen LogP contribution in [0.2, 0.25) is 36.3 Å². The summed E-state index contributed by atoms with van der Waals surface area (Å²) in [5.41, 5.74) is -1.17. The number of H-pyrrole nitrogens is 1. The Kier molecular flexibility index (Phi) is 7.98. The lowest BCUT2D eigenvalue weighted by Gasteiger charge is -2.40. The molecule has 1 aliphatic rings. The molecule has 0 saturated heterocycles. The van der Waals surface area contributed by atoms with Gasteiger partial charge in [0.2, 0.25) is 5.88 Å². The van der Waals surface area contributed by atoms with Gasteiger partial charge in [-0.1, -0.05) is 41.5 Å². The Balaban J connectivity index is 2.62. The Labute approximate surface area is 203 Å². The Morgan fingerprint density at radius 2 is 1.62 bits per heavy atom. The Morgan fingerprint density at radius 3 is 2.09 bits per heavy atom. The predicted molar refractivity (Wildman–Crippen MR) is 137 cm³/mol. The minimum absolute atomic E-state index is 0.0133. The number of hydrogen-bond acceptors (Lipinski definition) is 7. The smallest absolute Gasteiger partial charge is 0.341 e. The maximum Gasteiger partial charge on any atom is 0.341 e. The van der Waals surface area contributed by atoms with Crippen LogP contribution in [-0.4, -0.2) is 58.1 Å². The molecule has 1 N–H and O–H groups in total. The topological polar surface area (TPSA) is 109 Å². The summed E-state index contributed by atoms with van der Waals surface area (Å²) >= 11 is 0. The molecule has 192 valence electrons. The molecule has 34 heavy (non-hydrogen) atoms. The van der Waals surface area contributed by atoms with Gasteiger partial charge in [0, 0.05) is 12.3 Å². The molecule has 1 aromatic heterocycles. The van der Waals surface area contributed by atoms with Crippen molar-refractivity contribution >= 4 is 28.5 Å². The van der Waals surface area contributed by atoms with E-state index in [9.17, 15) is 14.4 Å². The van der Waals surface area contributed by atoms with Crippen molar-refractivity contribution in [3.63, 3.8) is 0 Å².